The van der Waals surface area contributed by atoms with Gasteiger partial charge in [0.25, 0.3) is 5.91 Å². The van der Waals surface area contributed by atoms with Crippen molar-refractivity contribution >= 4 is 5.91 Å². The molecule has 24 heavy (non-hydrogen) atoms. The number of pyridine rings is 1. The van der Waals surface area contributed by atoms with E-state index in [9.17, 15) is 4.79 Å². The molecule has 0 bridgehead atoms. The van der Waals surface area contributed by atoms with Gasteiger partial charge in [-0.3, -0.25) is 4.79 Å². The molecule has 0 aliphatic heterocycles. The van der Waals surface area contributed by atoms with Crippen LogP contribution in [0.15, 0.2) is 28.9 Å². The zero-order chi connectivity index (χ0) is 16.4. The monoisotopic (exact) mass is 327 g/mol. The summed E-state index contributed by atoms with van der Waals surface area (Å²) < 4.78 is 11.1. The molecule has 1 N–H and O–H groups in total. The van der Waals surface area contributed by atoms with Crippen LogP contribution < -0.4 is 10.1 Å². The normalized spacial score (nSPS) is 17.8. The Morgan fingerprint density at radius 2 is 2.08 bits per heavy atom. The standard InChI is InChI=1S/C18H21N3O3/c22-18(15-10-16(24-21-15)13-5-6-13)20-11-12-7-8-19-17(9-12)23-14-3-1-2-4-14/h7-10,13-14H,1-6,11H2,(H,20,22). The lowest BCUT2D eigenvalue weighted by Gasteiger charge is -2.12. The fourth-order valence-electron chi connectivity index (χ4n) is 3.03. The second-order valence-electron chi connectivity index (χ2n) is 6.60. The number of carbonyl (C=O) groups is 1. The number of aromatic nitrogens is 2. The predicted molar refractivity (Wildman–Crippen MR) is 86.8 cm³/mol. The van der Waals surface area contributed by atoms with Crippen molar-refractivity contribution in [3.8, 4) is 5.88 Å². The van der Waals surface area contributed by atoms with Gasteiger partial charge in [-0.05, 0) is 50.2 Å². The van der Waals surface area contributed by atoms with Crippen LogP contribution >= 0.6 is 0 Å². The van der Waals surface area contributed by atoms with Crippen molar-refractivity contribution in [2.75, 3.05) is 0 Å². The molecule has 2 saturated carbocycles. The molecular weight excluding hydrogens is 306 g/mol. The number of amides is 1. The lowest BCUT2D eigenvalue weighted by Crippen LogP contribution is -2.23. The molecule has 4 rings (SSSR count). The summed E-state index contributed by atoms with van der Waals surface area (Å²) in [7, 11) is 0. The van der Waals surface area contributed by atoms with Crippen molar-refractivity contribution in [1.82, 2.24) is 15.5 Å². The summed E-state index contributed by atoms with van der Waals surface area (Å²) in [4.78, 5) is 16.4. The molecule has 2 aromatic heterocycles. The van der Waals surface area contributed by atoms with Gasteiger partial charge in [0.1, 0.15) is 11.9 Å². The van der Waals surface area contributed by atoms with Crippen molar-refractivity contribution in [1.29, 1.82) is 0 Å². The van der Waals surface area contributed by atoms with E-state index in [-0.39, 0.29) is 12.0 Å². The highest BCUT2D eigenvalue weighted by Crippen LogP contribution is 2.40. The van der Waals surface area contributed by atoms with Crippen LogP contribution in [-0.4, -0.2) is 22.2 Å². The Kier molecular flexibility index (Phi) is 4.19. The molecule has 0 spiro atoms. The first-order valence-electron chi connectivity index (χ1n) is 8.64. The maximum absolute atomic E-state index is 12.2. The zero-order valence-electron chi connectivity index (χ0n) is 13.5. The Morgan fingerprint density at radius 1 is 1.25 bits per heavy atom. The minimum Gasteiger partial charge on any atom is -0.474 e. The van der Waals surface area contributed by atoms with Crippen molar-refractivity contribution < 1.29 is 14.1 Å². The van der Waals surface area contributed by atoms with Gasteiger partial charge in [0.15, 0.2) is 5.69 Å². The van der Waals surface area contributed by atoms with E-state index in [2.05, 4.69) is 15.5 Å². The SMILES string of the molecule is O=C(NCc1ccnc(OC2CCCC2)c1)c1cc(C2CC2)on1. The molecule has 2 aromatic rings. The number of nitrogens with one attached hydrogen (secondary N) is 1. The molecule has 0 aromatic carbocycles. The van der Waals surface area contributed by atoms with E-state index in [1.165, 1.54) is 12.8 Å². The molecule has 2 aliphatic carbocycles. The summed E-state index contributed by atoms with van der Waals surface area (Å²) in [6.07, 6.45) is 8.87. The van der Waals surface area contributed by atoms with Crippen LogP contribution in [0.1, 0.15) is 66.3 Å². The first-order chi connectivity index (χ1) is 11.8. The molecule has 2 heterocycles. The number of nitrogens with zero attached hydrogens (tertiary/aromatic N) is 2. The van der Waals surface area contributed by atoms with Gasteiger partial charge >= 0.3 is 0 Å². The van der Waals surface area contributed by atoms with Gasteiger partial charge in [0.05, 0.1) is 0 Å². The highest BCUT2D eigenvalue weighted by atomic mass is 16.5. The average Bonchev–Trinajstić information content (AvgIpc) is 3.10. The lowest BCUT2D eigenvalue weighted by molar-refractivity contribution is 0.0941. The second-order valence-corrected chi connectivity index (χ2v) is 6.60. The maximum Gasteiger partial charge on any atom is 0.273 e. The van der Waals surface area contributed by atoms with Crippen LogP contribution in [0, 0.1) is 0 Å². The number of ether oxygens (including phenoxy) is 1. The van der Waals surface area contributed by atoms with Crippen LogP contribution in [0.3, 0.4) is 0 Å². The first kappa shape index (κ1) is 15.2. The molecule has 126 valence electrons. The smallest absolute Gasteiger partial charge is 0.273 e. The van der Waals surface area contributed by atoms with E-state index in [1.54, 1.807) is 12.3 Å². The van der Waals surface area contributed by atoms with E-state index in [0.717, 1.165) is 37.0 Å². The summed E-state index contributed by atoms with van der Waals surface area (Å²) in [5.41, 5.74) is 1.30. The third-order valence-electron chi connectivity index (χ3n) is 4.58. The molecule has 0 atom stereocenters. The first-order valence-corrected chi connectivity index (χ1v) is 8.64. The minimum atomic E-state index is -0.222. The van der Waals surface area contributed by atoms with E-state index >= 15 is 0 Å². The molecule has 2 aliphatic rings. The maximum atomic E-state index is 12.2. The molecule has 0 saturated heterocycles. The van der Waals surface area contributed by atoms with Gasteiger partial charge in [0, 0.05) is 30.8 Å². The van der Waals surface area contributed by atoms with E-state index < -0.39 is 0 Å². The Balaban J connectivity index is 1.33. The molecule has 6 heteroatoms. The fourth-order valence-corrected chi connectivity index (χ4v) is 3.03. The van der Waals surface area contributed by atoms with Crippen LogP contribution in [0.25, 0.3) is 0 Å². The minimum absolute atomic E-state index is 0.222. The molecule has 1 amide bonds. The third kappa shape index (κ3) is 3.58. The largest absolute Gasteiger partial charge is 0.474 e. The zero-order valence-corrected chi connectivity index (χ0v) is 13.5. The van der Waals surface area contributed by atoms with Gasteiger partial charge in [0.2, 0.25) is 5.88 Å². The fraction of sp³-hybridized carbons (Fsp3) is 0.500. The number of hydrogen-bond acceptors (Lipinski definition) is 5. The van der Waals surface area contributed by atoms with Gasteiger partial charge in [-0.25, -0.2) is 4.98 Å². The summed E-state index contributed by atoms with van der Waals surface area (Å²) >= 11 is 0. The van der Waals surface area contributed by atoms with Crippen molar-refractivity contribution in [3.63, 3.8) is 0 Å². The number of carbonyl (C=O) groups excluding carboxylic acids is 1. The third-order valence-corrected chi connectivity index (χ3v) is 4.58. The molecular formula is C18H21N3O3. The van der Waals surface area contributed by atoms with Crippen LogP contribution in [0.2, 0.25) is 0 Å². The average molecular weight is 327 g/mol. The van der Waals surface area contributed by atoms with Crippen molar-refractivity contribution in [2.24, 2.45) is 0 Å². The predicted octanol–water partition coefficient (Wildman–Crippen LogP) is 3.20. The molecule has 2 fully saturated rings. The molecule has 0 unspecified atom stereocenters. The van der Waals surface area contributed by atoms with Crippen LogP contribution in [0.4, 0.5) is 0 Å². The number of rotatable bonds is 6. The highest BCUT2D eigenvalue weighted by Gasteiger charge is 2.28. The Labute approximate surface area is 140 Å². The molecule has 0 radical (unpaired) electrons. The van der Waals surface area contributed by atoms with Gasteiger partial charge in [-0.2, -0.15) is 0 Å². The van der Waals surface area contributed by atoms with Gasteiger partial charge < -0.3 is 14.6 Å². The van der Waals surface area contributed by atoms with E-state index in [4.69, 9.17) is 9.26 Å². The summed E-state index contributed by atoms with van der Waals surface area (Å²) in [6, 6.07) is 5.51. The number of hydrogen-bond donors (Lipinski definition) is 1. The van der Waals surface area contributed by atoms with Gasteiger partial charge in [-0.1, -0.05) is 5.16 Å². The van der Waals surface area contributed by atoms with Crippen LogP contribution in [-0.2, 0) is 6.54 Å². The Bertz CT molecular complexity index is 718. The highest BCUT2D eigenvalue weighted by molar-refractivity contribution is 5.92. The second kappa shape index (κ2) is 6.63. The summed E-state index contributed by atoms with van der Waals surface area (Å²) in [6.45, 7) is 0.411. The van der Waals surface area contributed by atoms with Crippen molar-refractivity contribution in [3.05, 3.63) is 41.4 Å². The molecule has 6 nitrogen and oxygen atoms in total. The van der Waals surface area contributed by atoms with E-state index in [1.807, 2.05) is 12.1 Å². The quantitative estimate of drug-likeness (QED) is 0.881. The van der Waals surface area contributed by atoms with Crippen molar-refractivity contribution in [2.45, 2.75) is 57.1 Å². The van der Waals surface area contributed by atoms with Crippen LogP contribution in [0.5, 0.6) is 5.88 Å². The van der Waals surface area contributed by atoms with Gasteiger partial charge in [-0.15, -0.1) is 0 Å². The summed E-state index contributed by atoms with van der Waals surface area (Å²) in [5.74, 6) is 1.68. The Hall–Kier alpha value is -2.37. The lowest BCUT2D eigenvalue weighted by atomic mass is 10.2. The van der Waals surface area contributed by atoms with E-state index in [0.29, 0.717) is 24.0 Å². The Morgan fingerprint density at radius 3 is 2.88 bits per heavy atom. The topological polar surface area (TPSA) is 77.2 Å². The summed E-state index contributed by atoms with van der Waals surface area (Å²) in [5, 5.41) is 6.72.